The number of hydrogen-bond donors (Lipinski definition) is 2. The number of aliphatic carboxylic acids is 1. The summed E-state index contributed by atoms with van der Waals surface area (Å²) in [5.41, 5.74) is 1.23. The summed E-state index contributed by atoms with van der Waals surface area (Å²) in [5.74, 6) is -1.30. The number of nitrogens with one attached hydrogen (secondary N) is 1. The van der Waals surface area contributed by atoms with E-state index in [9.17, 15) is 9.59 Å². The number of anilines is 1. The molecule has 0 atom stereocenters. The van der Waals surface area contributed by atoms with Crippen molar-refractivity contribution in [3.63, 3.8) is 0 Å². The minimum Gasteiger partial charge on any atom is -0.481 e. The number of halogens is 1. The predicted molar refractivity (Wildman–Crippen MR) is 82.6 cm³/mol. The summed E-state index contributed by atoms with van der Waals surface area (Å²) in [4.78, 5) is 26.3. The topological polar surface area (TPSA) is 79.3 Å². The van der Waals surface area contributed by atoms with E-state index < -0.39 is 5.97 Å². The highest BCUT2D eigenvalue weighted by molar-refractivity contribution is 7.14. The maximum atomic E-state index is 11.7. The summed E-state index contributed by atoms with van der Waals surface area (Å²) in [5, 5.41) is 13.8. The van der Waals surface area contributed by atoms with E-state index >= 15 is 0 Å². The molecule has 1 aromatic carbocycles. The van der Waals surface area contributed by atoms with Crippen LogP contribution in [0.5, 0.6) is 0 Å². The van der Waals surface area contributed by atoms with Crippen molar-refractivity contribution in [1.82, 2.24) is 4.98 Å². The van der Waals surface area contributed by atoms with Gasteiger partial charge < -0.3 is 5.11 Å². The summed E-state index contributed by atoms with van der Waals surface area (Å²) >= 11 is 7.03. The molecule has 0 radical (unpaired) electrons. The molecule has 1 amide bonds. The van der Waals surface area contributed by atoms with Gasteiger partial charge in [-0.1, -0.05) is 23.7 Å². The Kier molecular flexibility index (Phi) is 5.08. The highest BCUT2D eigenvalue weighted by atomic mass is 35.5. The van der Waals surface area contributed by atoms with Crippen LogP contribution in [0.1, 0.15) is 11.3 Å². The lowest BCUT2D eigenvalue weighted by Gasteiger charge is -1.97. The highest BCUT2D eigenvalue weighted by Crippen LogP contribution is 2.16. The third-order valence-corrected chi connectivity index (χ3v) is 3.43. The number of carboxylic acid groups (broad SMARTS) is 1. The molecule has 0 aliphatic rings. The standard InChI is InChI=1S/C14H11ClN2O3S/c15-10-3-1-2-9(6-10)4-5-12(18)17-14-16-11(8-21-14)7-13(19)20/h1-6,8H,7H2,(H,19,20)(H,16,17,18)/b5-4+. The van der Waals surface area contributed by atoms with Gasteiger partial charge in [-0.2, -0.15) is 0 Å². The molecule has 0 aliphatic carbocycles. The molecule has 1 aromatic heterocycles. The predicted octanol–water partition coefficient (Wildman–Crippen LogP) is 3.08. The molecule has 2 aromatic rings. The maximum absolute atomic E-state index is 11.7. The van der Waals surface area contributed by atoms with E-state index in [1.165, 1.54) is 17.4 Å². The van der Waals surface area contributed by atoms with Crippen molar-refractivity contribution < 1.29 is 14.7 Å². The van der Waals surface area contributed by atoms with E-state index in [2.05, 4.69) is 10.3 Å². The van der Waals surface area contributed by atoms with Crippen molar-refractivity contribution in [3.05, 3.63) is 52.0 Å². The second-order valence-corrected chi connectivity index (χ2v) is 5.39. The SMILES string of the molecule is O=C(O)Cc1csc(NC(=O)/C=C/c2cccc(Cl)c2)n1. The average molecular weight is 323 g/mol. The Morgan fingerprint density at radius 2 is 2.24 bits per heavy atom. The minimum atomic E-state index is -0.959. The molecule has 0 bridgehead atoms. The molecule has 0 aliphatic heterocycles. The molecule has 2 rings (SSSR count). The molecular weight excluding hydrogens is 312 g/mol. The van der Waals surface area contributed by atoms with Crippen molar-refractivity contribution in [2.45, 2.75) is 6.42 Å². The number of thiazole rings is 1. The number of hydrogen-bond acceptors (Lipinski definition) is 4. The van der Waals surface area contributed by atoms with Crippen LogP contribution >= 0.6 is 22.9 Å². The number of amides is 1. The van der Waals surface area contributed by atoms with Gasteiger partial charge in [0, 0.05) is 16.5 Å². The molecule has 21 heavy (non-hydrogen) atoms. The number of aromatic nitrogens is 1. The second-order valence-electron chi connectivity index (χ2n) is 4.09. The molecule has 5 nitrogen and oxygen atoms in total. The zero-order chi connectivity index (χ0) is 15.2. The first-order valence-corrected chi connectivity index (χ1v) is 7.19. The number of nitrogens with zero attached hydrogens (tertiary/aromatic N) is 1. The molecular formula is C14H11ClN2O3S. The van der Waals surface area contributed by atoms with Crippen molar-refractivity contribution in [1.29, 1.82) is 0 Å². The van der Waals surface area contributed by atoms with Crippen LogP contribution in [0.15, 0.2) is 35.7 Å². The molecule has 108 valence electrons. The fourth-order valence-corrected chi connectivity index (χ4v) is 2.44. The zero-order valence-corrected chi connectivity index (χ0v) is 12.3. The normalized spacial score (nSPS) is 10.7. The fourth-order valence-electron chi connectivity index (χ4n) is 1.53. The van der Waals surface area contributed by atoms with Gasteiger partial charge in [-0.3, -0.25) is 14.9 Å². The number of rotatable bonds is 5. The Morgan fingerprint density at radius 3 is 2.95 bits per heavy atom. The van der Waals surface area contributed by atoms with Gasteiger partial charge in [0.25, 0.3) is 0 Å². The van der Waals surface area contributed by atoms with Crippen LogP contribution in [0.25, 0.3) is 6.08 Å². The summed E-state index contributed by atoms with van der Waals surface area (Å²) in [6, 6.07) is 7.10. The fraction of sp³-hybridized carbons (Fsp3) is 0.0714. The van der Waals surface area contributed by atoms with Crippen LogP contribution in [-0.4, -0.2) is 22.0 Å². The van der Waals surface area contributed by atoms with Gasteiger partial charge in [0.05, 0.1) is 12.1 Å². The Morgan fingerprint density at radius 1 is 1.43 bits per heavy atom. The Balaban J connectivity index is 1.95. The Bertz CT molecular complexity index is 697. The smallest absolute Gasteiger partial charge is 0.309 e. The summed E-state index contributed by atoms with van der Waals surface area (Å²) in [6.07, 6.45) is 2.83. The van der Waals surface area contributed by atoms with Gasteiger partial charge in [-0.15, -0.1) is 11.3 Å². The molecule has 0 spiro atoms. The van der Waals surface area contributed by atoms with Gasteiger partial charge in [0.2, 0.25) is 5.91 Å². The average Bonchev–Trinajstić information content (AvgIpc) is 2.83. The number of carbonyl (C=O) groups excluding carboxylic acids is 1. The Hall–Kier alpha value is -2.18. The minimum absolute atomic E-state index is 0.162. The molecule has 0 unspecified atom stereocenters. The van der Waals surface area contributed by atoms with E-state index in [4.69, 9.17) is 16.7 Å². The van der Waals surface area contributed by atoms with Gasteiger partial charge in [0.1, 0.15) is 0 Å². The maximum Gasteiger partial charge on any atom is 0.309 e. The first-order valence-electron chi connectivity index (χ1n) is 5.94. The first kappa shape index (κ1) is 15.2. The number of carboxylic acids is 1. The van der Waals surface area contributed by atoms with E-state index in [1.54, 1.807) is 29.7 Å². The summed E-state index contributed by atoms with van der Waals surface area (Å²) in [6.45, 7) is 0. The lowest BCUT2D eigenvalue weighted by atomic mass is 10.2. The van der Waals surface area contributed by atoms with Gasteiger partial charge in [-0.05, 0) is 23.8 Å². The van der Waals surface area contributed by atoms with E-state index in [-0.39, 0.29) is 12.3 Å². The lowest BCUT2D eigenvalue weighted by molar-refractivity contribution is -0.136. The van der Waals surface area contributed by atoms with Crippen molar-refractivity contribution in [2.24, 2.45) is 0 Å². The van der Waals surface area contributed by atoms with Crippen LogP contribution in [0.4, 0.5) is 5.13 Å². The third kappa shape index (κ3) is 5.02. The van der Waals surface area contributed by atoms with Crippen LogP contribution in [0.3, 0.4) is 0 Å². The van der Waals surface area contributed by atoms with Crippen LogP contribution in [-0.2, 0) is 16.0 Å². The van der Waals surface area contributed by atoms with Gasteiger partial charge >= 0.3 is 5.97 Å². The Labute approximate surface area is 129 Å². The monoisotopic (exact) mass is 322 g/mol. The highest BCUT2D eigenvalue weighted by Gasteiger charge is 2.07. The van der Waals surface area contributed by atoms with E-state index in [0.29, 0.717) is 15.8 Å². The molecule has 0 saturated carbocycles. The van der Waals surface area contributed by atoms with E-state index in [1.807, 2.05) is 6.07 Å². The molecule has 0 fully saturated rings. The first-order chi connectivity index (χ1) is 10.0. The van der Waals surface area contributed by atoms with Crippen LogP contribution < -0.4 is 5.32 Å². The summed E-state index contributed by atoms with van der Waals surface area (Å²) < 4.78 is 0. The lowest BCUT2D eigenvalue weighted by Crippen LogP contribution is -2.08. The van der Waals surface area contributed by atoms with E-state index in [0.717, 1.165) is 5.56 Å². The third-order valence-electron chi connectivity index (χ3n) is 2.39. The second kappa shape index (κ2) is 7.01. The zero-order valence-electron chi connectivity index (χ0n) is 10.7. The van der Waals surface area contributed by atoms with Crippen molar-refractivity contribution >= 4 is 46.0 Å². The van der Waals surface area contributed by atoms with Crippen LogP contribution in [0.2, 0.25) is 5.02 Å². The van der Waals surface area contributed by atoms with Gasteiger partial charge in [-0.25, -0.2) is 4.98 Å². The quantitative estimate of drug-likeness (QED) is 0.829. The number of carbonyl (C=O) groups is 2. The van der Waals surface area contributed by atoms with Crippen LogP contribution in [0, 0.1) is 0 Å². The largest absolute Gasteiger partial charge is 0.481 e. The van der Waals surface area contributed by atoms with Gasteiger partial charge in [0.15, 0.2) is 5.13 Å². The summed E-state index contributed by atoms with van der Waals surface area (Å²) in [7, 11) is 0. The van der Waals surface area contributed by atoms with Crippen molar-refractivity contribution in [2.75, 3.05) is 5.32 Å². The molecule has 1 heterocycles. The number of benzene rings is 1. The molecule has 0 saturated heterocycles. The van der Waals surface area contributed by atoms with Crippen molar-refractivity contribution in [3.8, 4) is 0 Å². The molecule has 7 heteroatoms. The molecule has 2 N–H and O–H groups in total.